The first-order chi connectivity index (χ1) is 15.3. The third-order valence-electron chi connectivity index (χ3n) is 6.13. The van der Waals surface area contributed by atoms with E-state index in [1.54, 1.807) is 36.4 Å². The highest BCUT2D eigenvalue weighted by Crippen LogP contribution is 2.42. The summed E-state index contributed by atoms with van der Waals surface area (Å²) in [5.74, 6) is -0.282. The van der Waals surface area contributed by atoms with Crippen molar-refractivity contribution in [3.63, 3.8) is 0 Å². The molecule has 3 aromatic carbocycles. The number of phenolic OH excluding ortho intramolecular Hbond substituents is 1. The van der Waals surface area contributed by atoms with Gasteiger partial charge < -0.3 is 9.52 Å². The smallest absolute Gasteiger partial charge is 0.295 e. The normalized spacial score (nSPS) is 15.4. The fourth-order valence-electron chi connectivity index (χ4n) is 4.20. The van der Waals surface area contributed by atoms with Gasteiger partial charge in [-0.3, -0.25) is 14.5 Å². The zero-order valence-electron chi connectivity index (χ0n) is 17.8. The van der Waals surface area contributed by atoms with Crippen molar-refractivity contribution in [3.8, 4) is 5.75 Å². The van der Waals surface area contributed by atoms with Crippen molar-refractivity contribution >= 4 is 34.2 Å². The van der Waals surface area contributed by atoms with Crippen LogP contribution in [0.25, 0.3) is 11.0 Å². The number of benzene rings is 3. The Morgan fingerprint density at radius 1 is 0.906 bits per heavy atom. The molecule has 0 fully saturated rings. The van der Waals surface area contributed by atoms with Crippen molar-refractivity contribution in [1.29, 1.82) is 0 Å². The van der Waals surface area contributed by atoms with Crippen LogP contribution in [0, 0.1) is 20.8 Å². The standard InChI is InChI=1S/C26H20ClNO4/c1-13-4-7-17(12-20(13)27)28-23(16-5-8-18(29)9-6-16)22-24(30)19-10-14(2)15(3)11-21(19)32-25(22)26(28)31/h4-12,23,29H,1-3H3. The van der Waals surface area contributed by atoms with E-state index >= 15 is 0 Å². The van der Waals surface area contributed by atoms with Gasteiger partial charge in [0.05, 0.1) is 17.0 Å². The molecular weight excluding hydrogens is 426 g/mol. The van der Waals surface area contributed by atoms with E-state index in [1.807, 2.05) is 26.8 Å². The molecule has 1 aliphatic heterocycles. The van der Waals surface area contributed by atoms with Crippen LogP contribution >= 0.6 is 11.6 Å². The Labute approximate surface area is 189 Å². The summed E-state index contributed by atoms with van der Waals surface area (Å²) in [5, 5.41) is 10.7. The number of halogens is 1. The molecule has 1 atom stereocenters. The van der Waals surface area contributed by atoms with Crippen molar-refractivity contribution < 1.29 is 14.3 Å². The zero-order chi connectivity index (χ0) is 22.7. The predicted molar refractivity (Wildman–Crippen MR) is 125 cm³/mol. The molecule has 160 valence electrons. The van der Waals surface area contributed by atoms with Crippen LogP contribution in [0.15, 0.2) is 63.8 Å². The van der Waals surface area contributed by atoms with E-state index in [-0.39, 0.29) is 22.5 Å². The third-order valence-corrected chi connectivity index (χ3v) is 6.54. The molecule has 0 spiro atoms. The number of fused-ring (bicyclic) bond motifs is 2. The van der Waals surface area contributed by atoms with E-state index in [1.165, 1.54) is 17.0 Å². The van der Waals surface area contributed by atoms with E-state index in [0.29, 0.717) is 27.2 Å². The second-order valence-corrected chi connectivity index (χ2v) is 8.62. The Morgan fingerprint density at radius 3 is 2.28 bits per heavy atom. The molecule has 0 saturated heterocycles. The lowest BCUT2D eigenvalue weighted by Gasteiger charge is -2.25. The molecule has 4 aromatic rings. The molecule has 5 rings (SSSR count). The quantitative estimate of drug-likeness (QED) is 0.421. The van der Waals surface area contributed by atoms with Crippen molar-refractivity contribution in [3.05, 3.63) is 103 Å². The first kappa shape index (κ1) is 20.3. The molecule has 0 aliphatic carbocycles. The van der Waals surface area contributed by atoms with Gasteiger partial charge in [0.1, 0.15) is 11.3 Å². The van der Waals surface area contributed by atoms with Gasteiger partial charge in [-0.2, -0.15) is 0 Å². The van der Waals surface area contributed by atoms with Crippen LogP contribution in [0.2, 0.25) is 5.02 Å². The van der Waals surface area contributed by atoms with Gasteiger partial charge in [0, 0.05) is 10.7 Å². The topological polar surface area (TPSA) is 70.8 Å². The summed E-state index contributed by atoms with van der Waals surface area (Å²) in [7, 11) is 0. The molecule has 6 heteroatoms. The molecule has 2 heterocycles. The summed E-state index contributed by atoms with van der Waals surface area (Å²) in [6.45, 7) is 5.75. The molecule has 1 aromatic heterocycles. The predicted octanol–water partition coefficient (Wildman–Crippen LogP) is 5.83. The van der Waals surface area contributed by atoms with Gasteiger partial charge in [-0.25, -0.2) is 0 Å². The SMILES string of the molecule is Cc1cc2oc3c(c(=O)c2cc1C)C(c1ccc(O)cc1)N(c1ccc(C)c(Cl)c1)C3=O. The highest BCUT2D eigenvalue weighted by atomic mass is 35.5. The lowest BCUT2D eigenvalue weighted by Crippen LogP contribution is -2.29. The fourth-order valence-corrected chi connectivity index (χ4v) is 4.37. The summed E-state index contributed by atoms with van der Waals surface area (Å²) in [6.07, 6.45) is 0. The van der Waals surface area contributed by atoms with Crippen LogP contribution in [0.3, 0.4) is 0 Å². The Kier molecular flexibility index (Phi) is 4.60. The summed E-state index contributed by atoms with van der Waals surface area (Å²) in [4.78, 5) is 28.8. The number of hydrogen-bond acceptors (Lipinski definition) is 4. The number of carbonyl (C=O) groups is 1. The van der Waals surface area contributed by atoms with E-state index in [2.05, 4.69) is 0 Å². The summed E-state index contributed by atoms with van der Waals surface area (Å²) in [5.41, 5.74) is 4.50. The van der Waals surface area contributed by atoms with E-state index < -0.39 is 11.9 Å². The lowest BCUT2D eigenvalue weighted by molar-refractivity contribution is 0.0971. The fraction of sp³-hybridized carbons (Fsp3) is 0.154. The molecule has 0 saturated carbocycles. The molecule has 1 amide bonds. The largest absolute Gasteiger partial charge is 0.508 e. The minimum Gasteiger partial charge on any atom is -0.508 e. The number of anilines is 1. The van der Waals surface area contributed by atoms with Crippen molar-refractivity contribution in [2.24, 2.45) is 0 Å². The summed E-state index contributed by atoms with van der Waals surface area (Å²) in [6, 6.07) is 14.7. The average Bonchev–Trinajstić information content (AvgIpc) is 3.05. The first-order valence-electron chi connectivity index (χ1n) is 10.2. The van der Waals surface area contributed by atoms with Gasteiger partial charge >= 0.3 is 0 Å². The molecule has 1 aliphatic rings. The average molecular weight is 446 g/mol. The number of carbonyl (C=O) groups excluding carboxylic acids is 1. The molecule has 1 unspecified atom stereocenters. The number of aromatic hydroxyl groups is 1. The maximum atomic E-state index is 13.7. The van der Waals surface area contributed by atoms with Gasteiger partial charge in [0.25, 0.3) is 5.91 Å². The van der Waals surface area contributed by atoms with Crippen LogP contribution in [0.4, 0.5) is 5.69 Å². The summed E-state index contributed by atoms with van der Waals surface area (Å²) < 4.78 is 6.04. The number of amides is 1. The minimum absolute atomic E-state index is 0.0283. The lowest BCUT2D eigenvalue weighted by atomic mass is 9.97. The van der Waals surface area contributed by atoms with Crippen molar-refractivity contribution in [2.45, 2.75) is 26.8 Å². The molecule has 32 heavy (non-hydrogen) atoms. The minimum atomic E-state index is -0.709. The van der Waals surface area contributed by atoms with Crippen LogP contribution in [0.5, 0.6) is 5.75 Å². The number of phenols is 1. The zero-order valence-corrected chi connectivity index (χ0v) is 18.5. The first-order valence-corrected chi connectivity index (χ1v) is 10.6. The second kappa shape index (κ2) is 7.24. The highest BCUT2D eigenvalue weighted by molar-refractivity contribution is 6.31. The molecule has 1 N–H and O–H groups in total. The monoisotopic (exact) mass is 445 g/mol. The maximum Gasteiger partial charge on any atom is 0.295 e. The molecular formula is C26H20ClNO4. The van der Waals surface area contributed by atoms with Gasteiger partial charge in [-0.05, 0) is 79.4 Å². The Bertz CT molecular complexity index is 1470. The number of aryl methyl sites for hydroxylation is 3. The Balaban J connectivity index is 1.82. The second-order valence-electron chi connectivity index (χ2n) is 8.21. The number of rotatable bonds is 2. The maximum absolute atomic E-state index is 13.7. The van der Waals surface area contributed by atoms with Gasteiger partial charge in [0.15, 0.2) is 5.43 Å². The van der Waals surface area contributed by atoms with Crippen molar-refractivity contribution in [1.82, 2.24) is 0 Å². The van der Waals surface area contributed by atoms with Gasteiger partial charge in [-0.1, -0.05) is 29.8 Å². The molecule has 0 radical (unpaired) electrons. The van der Waals surface area contributed by atoms with E-state index in [9.17, 15) is 14.7 Å². The molecule has 0 bridgehead atoms. The number of hydrogen-bond donors (Lipinski definition) is 1. The van der Waals surface area contributed by atoms with Crippen LogP contribution in [0.1, 0.15) is 44.4 Å². The number of nitrogens with zero attached hydrogens (tertiary/aromatic N) is 1. The highest BCUT2D eigenvalue weighted by Gasteiger charge is 2.43. The van der Waals surface area contributed by atoms with Gasteiger partial charge in [0.2, 0.25) is 5.76 Å². The van der Waals surface area contributed by atoms with Crippen LogP contribution in [-0.2, 0) is 0 Å². The van der Waals surface area contributed by atoms with Crippen LogP contribution in [-0.4, -0.2) is 11.0 Å². The summed E-state index contributed by atoms with van der Waals surface area (Å²) >= 11 is 6.36. The van der Waals surface area contributed by atoms with Gasteiger partial charge in [-0.15, -0.1) is 0 Å². The molecule has 5 nitrogen and oxygen atoms in total. The Morgan fingerprint density at radius 2 is 1.59 bits per heavy atom. The third kappa shape index (κ3) is 3.00. The van der Waals surface area contributed by atoms with Crippen molar-refractivity contribution in [2.75, 3.05) is 4.90 Å². The van der Waals surface area contributed by atoms with E-state index in [0.717, 1.165) is 16.7 Å². The van der Waals surface area contributed by atoms with Crippen LogP contribution < -0.4 is 10.3 Å². The van der Waals surface area contributed by atoms with E-state index in [4.69, 9.17) is 16.0 Å². The Hall–Kier alpha value is -3.57.